The molecule has 0 aliphatic carbocycles. The number of nitrogen functional groups attached to an aromatic ring is 2. The van der Waals surface area contributed by atoms with Crippen LogP contribution in [0.15, 0.2) is 31.7 Å². The fraction of sp³-hybridized carbons (Fsp3) is 0.250. The number of sulfone groups is 4. The van der Waals surface area contributed by atoms with E-state index in [-0.39, 0.29) is 22.1 Å². The number of hydrogen-bond acceptors (Lipinski definition) is 12. The minimum Gasteiger partial charge on any atom is -0.397 e. The highest BCUT2D eigenvalue weighted by molar-refractivity contribution is 7.92. The van der Waals surface area contributed by atoms with Crippen molar-refractivity contribution in [3.63, 3.8) is 0 Å². The largest absolute Gasteiger partial charge is 0.397 e. The van der Waals surface area contributed by atoms with E-state index in [2.05, 4.69) is 9.97 Å². The van der Waals surface area contributed by atoms with E-state index in [1.165, 1.54) is 0 Å². The van der Waals surface area contributed by atoms with Crippen LogP contribution in [-0.2, 0) is 39.3 Å². The zero-order valence-electron chi connectivity index (χ0n) is 17.1. The van der Waals surface area contributed by atoms with Gasteiger partial charge < -0.3 is 11.5 Å². The summed E-state index contributed by atoms with van der Waals surface area (Å²) in [5.41, 5.74) is 9.25. The molecule has 2 aromatic carbocycles. The second-order valence-electron chi connectivity index (χ2n) is 7.28. The van der Waals surface area contributed by atoms with Crippen molar-refractivity contribution in [1.82, 2.24) is 9.97 Å². The fourth-order valence-electron chi connectivity index (χ4n) is 3.24. The van der Waals surface area contributed by atoms with Crippen LogP contribution in [0.5, 0.6) is 0 Å². The van der Waals surface area contributed by atoms with Gasteiger partial charge in [0, 0.05) is 25.0 Å². The molecule has 0 spiro atoms. The Morgan fingerprint density at radius 2 is 0.844 bits per heavy atom. The number of anilines is 2. The lowest BCUT2D eigenvalue weighted by Crippen LogP contribution is -2.13. The second-order valence-corrected chi connectivity index (χ2v) is 15.2. The van der Waals surface area contributed by atoms with Crippen LogP contribution in [-0.4, -0.2) is 68.7 Å². The van der Waals surface area contributed by atoms with E-state index in [4.69, 9.17) is 11.5 Å². The highest BCUT2D eigenvalue weighted by Crippen LogP contribution is 2.37. The van der Waals surface area contributed by atoms with E-state index < -0.39 is 70.3 Å². The Bertz CT molecular complexity index is 1640. The Balaban J connectivity index is 2.77. The van der Waals surface area contributed by atoms with Crippen LogP contribution in [0.4, 0.5) is 11.4 Å². The Kier molecular flexibility index (Phi) is 5.24. The van der Waals surface area contributed by atoms with Crippen LogP contribution in [0.2, 0.25) is 0 Å². The molecule has 0 bridgehead atoms. The molecule has 16 heteroatoms. The first-order valence-electron chi connectivity index (χ1n) is 8.41. The van der Waals surface area contributed by atoms with Gasteiger partial charge in [0.15, 0.2) is 39.3 Å². The third-order valence-electron chi connectivity index (χ3n) is 4.48. The zero-order chi connectivity index (χ0) is 24.6. The topological polar surface area (TPSA) is 214 Å². The first-order chi connectivity index (χ1) is 14.2. The third-order valence-corrected chi connectivity index (χ3v) is 9.06. The summed E-state index contributed by atoms with van der Waals surface area (Å²) in [6.07, 6.45) is 3.18. The lowest BCUT2D eigenvalue weighted by atomic mass is 10.2. The maximum absolute atomic E-state index is 12.4. The molecular formula is C16H18N4O8S4. The van der Waals surface area contributed by atoms with Crippen molar-refractivity contribution in [3.05, 3.63) is 12.1 Å². The van der Waals surface area contributed by atoms with Gasteiger partial charge in [-0.15, -0.1) is 0 Å². The van der Waals surface area contributed by atoms with Crippen molar-refractivity contribution in [3.8, 4) is 0 Å². The summed E-state index contributed by atoms with van der Waals surface area (Å²) in [7, 11) is -16.3. The highest BCUT2D eigenvalue weighted by atomic mass is 32.2. The minimum atomic E-state index is -4.15. The van der Waals surface area contributed by atoms with Crippen molar-refractivity contribution >= 4 is 72.8 Å². The van der Waals surface area contributed by atoms with Crippen molar-refractivity contribution in [2.75, 3.05) is 36.5 Å². The predicted octanol–water partition coefficient (Wildman–Crippen LogP) is -0.439. The number of fused-ring (bicyclic) bond motifs is 2. The standard InChI is InChI=1S/C16H18N4O8S4/c1-29(21,22)9-5-7-13(15(11(9)17)31(3,25)26)20-8-6-10(30(2,23)24)12(18)16(14(8)19-7)32(4,27)28/h5-6H,17-18H2,1-4H3. The molecule has 12 nitrogen and oxygen atoms in total. The molecule has 0 aliphatic heterocycles. The van der Waals surface area contributed by atoms with Crippen molar-refractivity contribution < 1.29 is 33.7 Å². The number of hydrogen-bond donors (Lipinski definition) is 2. The van der Waals surface area contributed by atoms with E-state index >= 15 is 0 Å². The summed E-state index contributed by atoms with van der Waals surface area (Å²) in [6.45, 7) is 0. The molecule has 1 aromatic heterocycles. The molecule has 1 heterocycles. The van der Waals surface area contributed by atoms with Gasteiger partial charge in [-0.05, 0) is 12.1 Å². The van der Waals surface area contributed by atoms with Gasteiger partial charge in [-0.1, -0.05) is 0 Å². The molecule has 0 amide bonds. The molecular weight excluding hydrogens is 504 g/mol. The second kappa shape index (κ2) is 6.97. The Hall–Kier alpha value is -2.56. The summed E-state index contributed by atoms with van der Waals surface area (Å²) in [5.74, 6) is 0. The predicted molar refractivity (Wildman–Crippen MR) is 118 cm³/mol. The molecule has 0 saturated carbocycles. The van der Waals surface area contributed by atoms with E-state index in [9.17, 15) is 33.7 Å². The molecule has 174 valence electrons. The van der Waals surface area contributed by atoms with Crippen LogP contribution in [0, 0.1) is 0 Å². The zero-order valence-corrected chi connectivity index (χ0v) is 20.4. The van der Waals surface area contributed by atoms with E-state index in [1.807, 2.05) is 0 Å². The summed E-state index contributed by atoms with van der Waals surface area (Å²) >= 11 is 0. The van der Waals surface area contributed by atoms with Gasteiger partial charge in [-0.25, -0.2) is 43.6 Å². The number of nitrogens with zero attached hydrogens (tertiary/aromatic N) is 2. The molecule has 32 heavy (non-hydrogen) atoms. The lowest BCUT2D eigenvalue weighted by molar-refractivity contribution is 0.597. The average molecular weight is 523 g/mol. The van der Waals surface area contributed by atoms with Crippen LogP contribution in [0.1, 0.15) is 0 Å². The van der Waals surface area contributed by atoms with Gasteiger partial charge in [0.05, 0.1) is 32.2 Å². The number of nitrogens with two attached hydrogens (primary N) is 2. The van der Waals surface area contributed by atoms with Crippen LogP contribution in [0.3, 0.4) is 0 Å². The summed E-state index contributed by atoms with van der Waals surface area (Å²) in [6, 6.07) is 1.93. The van der Waals surface area contributed by atoms with Gasteiger partial charge in [0.2, 0.25) is 0 Å². The Morgan fingerprint density at radius 3 is 1.06 bits per heavy atom. The van der Waals surface area contributed by atoms with E-state index in [0.29, 0.717) is 0 Å². The first kappa shape index (κ1) is 24.1. The van der Waals surface area contributed by atoms with Gasteiger partial charge in [-0.3, -0.25) is 0 Å². The summed E-state index contributed by atoms with van der Waals surface area (Å²) in [4.78, 5) is 5.88. The maximum Gasteiger partial charge on any atom is 0.179 e. The van der Waals surface area contributed by atoms with Gasteiger partial charge in [-0.2, -0.15) is 0 Å². The molecule has 0 fully saturated rings. The minimum absolute atomic E-state index is 0.288. The normalized spacial score (nSPS) is 13.6. The van der Waals surface area contributed by atoms with Crippen molar-refractivity contribution in [1.29, 1.82) is 0 Å². The van der Waals surface area contributed by atoms with Gasteiger partial charge in [0.25, 0.3) is 0 Å². The summed E-state index contributed by atoms with van der Waals surface area (Å²) < 4.78 is 98.4. The van der Waals surface area contributed by atoms with Gasteiger partial charge in [0.1, 0.15) is 20.8 Å². The quantitative estimate of drug-likeness (QED) is 0.329. The van der Waals surface area contributed by atoms with Crippen LogP contribution >= 0.6 is 0 Å². The van der Waals surface area contributed by atoms with Crippen LogP contribution in [0.25, 0.3) is 22.1 Å². The SMILES string of the molecule is CS(=O)(=O)c1cc2nc3c(S(C)(=O)=O)c(N)c(S(C)(=O)=O)cc3nc2c(S(C)(=O)=O)c1N. The Morgan fingerprint density at radius 1 is 0.562 bits per heavy atom. The number of aromatic nitrogens is 2. The number of rotatable bonds is 4. The molecule has 4 N–H and O–H groups in total. The van der Waals surface area contributed by atoms with Crippen molar-refractivity contribution in [2.24, 2.45) is 0 Å². The van der Waals surface area contributed by atoms with Crippen LogP contribution < -0.4 is 11.5 Å². The number of benzene rings is 2. The van der Waals surface area contributed by atoms with E-state index in [0.717, 1.165) is 37.2 Å². The highest BCUT2D eigenvalue weighted by Gasteiger charge is 2.29. The molecule has 0 aliphatic rings. The molecule has 0 unspecified atom stereocenters. The Labute approximate surface area is 184 Å². The summed E-state index contributed by atoms with van der Waals surface area (Å²) in [5, 5.41) is 0. The first-order valence-corrected chi connectivity index (χ1v) is 16.0. The molecule has 0 atom stereocenters. The lowest BCUT2D eigenvalue weighted by Gasteiger charge is -2.15. The van der Waals surface area contributed by atoms with E-state index in [1.54, 1.807) is 0 Å². The molecule has 0 saturated heterocycles. The van der Waals surface area contributed by atoms with Crippen molar-refractivity contribution in [2.45, 2.75) is 19.6 Å². The van der Waals surface area contributed by atoms with Gasteiger partial charge >= 0.3 is 0 Å². The molecule has 0 radical (unpaired) electrons. The fourth-order valence-corrected chi connectivity index (χ4v) is 7.05. The molecule has 3 aromatic rings. The molecule has 3 rings (SSSR count). The third kappa shape index (κ3) is 3.98. The smallest absolute Gasteiger partial charge is 0.179 e. The maximum atomic E-state index is 12.4. The monoisotopic (exact) mass is 522 g/mol. The average Bonchev–Trinajstić information content (AvgIpc) is 2.54.